The van der Waals surface area contributed by atoms with E-state index in [9.17, 15) is 9.59 Å². The average molecular weight is 255 g/mol. The van der Waals surface area contributed by atoms with Crippen molar-refractivity contribution in [3.63, 3.8) is 0 Å². The maximum Gasteiger partial charge on any atom is 0.252 e. The molecule has 2 rings (SSSR count). The molecule has 4 nitrogen and oxygen atoms in total. The summed E-state index contributed by atoms with van der Waals surface area (Å²) in [5, 5.41) is 0. The largest absolute Gasteiger partial charge is 0.457 e. The van der Waals surface area contributed by atoms with Crippen LogP contribution in [-0.4, -0.2) is 11.7 Å². The highest BCUT2D eigenvalue weighted by atomic mass is 16.5. The molecule has 2 aromatic carbocycles. The Labute approximate surface area is 110 Å². The summed E-state index contributed by atoms with van der Waals surface area (Å²) < 4.78 is 5.59. The minimum Gasteiger partial charge on any atom is -0.457 e. The lowest BCUT2D eigenvalue weighted by atomic mass is 10.1. The average Bonchev–Trinajstić information content (AvgIpc) is 2.39. The van der Waals surface area contributed by atoms with E-state index in [-0.39, 0.29) is 5.78 Å². The Kier molecular flexibility index (Phi) is 3.61. The van der Waals surface area contributed by atoms with Crippen LogP contribution in [0.15, 0.2) is 48.5 Å². The topological polar surface area (TPSA) is 69.4 Å². The van der Waals surface area contributed by atoms with E-state index < -0.39 is 5.91 Å². The van der Waals surface area contributed by atoms with Gasteiger partial charge in [-0.25, -0.2) is 0 Å². The molecule has 19 heavy (non-hydrogen) atoms. The van der Waals surface area contributed by atoms with Gasteiger partial charge in [-0.15, -0.1) is 0 Å². The number of carbonyl (C=O) groups is 2. The number of ketones is 1. The summed E-state index contributed by atoms with van der Waals surface area (Å²) in [6, 6.07) is 13.4. The van der Waals surface area contributed by atoms with Gasteiger partial charge in [-0.3, -0.25) is 9.59 Å². The van der Waals surface area contributed by atoms with Gasteiger partial charge in [0.1, 0.15) is 11.5 Å². The van der Waals surface area contributed by atoms with Crippen LogP contribution in [-0.2, 0) is 0 Å². The first-order valence-corrected chi connectivity index (χ1v) is 5.75. The van der Waals surface area contributed by atoms with Crippen molar-refractivity contribution in [2.24, 2.45) is 5.73 Å². The minimum absolute atomic E-state index is 0.0101. The van der Waals surface area contributed by atoms with Gasteiger partial charge in [-0.1, -0.05) is 12.1 Å². The van der Waals surface area contributed by atoms with Crippen molar-refractivity contribution in [1.82, 2.24) is 0 Å². The summed E-state index contributed by atoms with van der Waals surface area (Å²) in [5.41, 5.74) is 6.19. The molecule has 0 aromatic heterocycles. The number of Topliss-reactive ketones (excluding diaryl/α,β-unsaturated/α-hetero) is 1. The van der Waals surface area contributed by atoms with E-state index in [4.69, 9.17) is 10.5 Å². The molecule has 0 aliphatic heterocycles. The van der Waals surface area contributed by atoms with Crippen molar-refractivity contribution in [2.45, 2.75) is 6.92 Å². The highest BCUT2D eigenvalue weighted by Crippen LogP contribution is 2.25. The van der Waals surface area contributed by atoms with Crippen LogP contribution >= 0.6 is 0 Å². The maximum atomic E-state index is 11.3. The van der Waals surface area contributed by atoms with Crippen LogP contribution in [0.5, 0.6) is 11.5 Å². The normalized spacial score (nSPS) is 9.95. The molecule has 0 fully saturated rings. The Morgan fingerprint density at radius 2 is 1.63 bits per heavy atom. The smallest absolute Gasteiger partial charge is 0.252 e. The van der Waals surface area contributed by atoms with Gasteiger partial charge < -0.3 is 10.5 Å². The lowest BCUT2D eigenvalue weighted by molar-refractivity contribution is 0.0994. The second kappa shape index (κ2) is 5.35. The first-order chi connectivity index (χ1) is 9.08. The Hall–Kier alpha value is -2.62. The number of amides is 1. The third-order valence-corrected chi connectivity index (χ3v) is 2.64. The molecular weight excluding hydrogens is 242 g/mol. The minimum atomic E-state index is -0.545. The molecule has 0 aliphatic carbocycles. The molecule has 0 aliphatic rings. The molecule has 1 amide bonds. The zero-order chi connectivity index (χ0) is 13.8. The number of rotatable bonds is 4. The summed E-state index contributed by atoms with van der Waals surface area (Å²) in [5.74, 6) is 0.379. The molecule has 0 bridgehead atoms. The number of primary amides is 1. The van der Waals surface area contributed by atoms with Crippen LogP contribution < -0.4 is 10.5 Å². The van der Waals surface area contributed by atoms with E-state index in [2.05, 4.69) is 0 Å². The lowest BCUT2D eigenvalue weighted by Crippen LogP contribution is -2.11. The van der Waals surface area contributed by atoms with Gasteiger partial charge in [0, 0.05) is 5.56 Å². The van der Waals surface area contributed by atoms with Crippen molar-refractivity contribution in [2.75, 3.05) is 0 Å². The molecule has 0 atom stereocenters. The lowest BCUT2D eigenvalue weighted by Gasteiger charge is -2.09. The number of hydrogen-bond acceptors (Lipinski definition) is 3. The van der Waals surface area contributed by atoms with Crippen molar-refractivity contribution in [1.29, 1.82) is 0 Å². The fourth-order valence-electron chi connectivity index (χ4n) is 1.64. The van der Waals surface area contributed by atoms with Crippen molar-refractivity contribution < 1.29 is 14.3 Å². The Morgan fingerprint density at radius 3 is 2.21 bits per heavy atom. The second-order valence-corrected chi connectivity index (χ2v) is 4.04. The number of benzene rings is 2. The third kappa shape index (κ3) is 2.98. The summed E-state index contributed by atoms with van der Waals surface area (Å²) in [7, 11) is 0. The van der Waals surface area contributed by atoms with Gasteiger partial charge in [0.05, 0.1) is 5.56 Å². The number of nitrogens with two attached hydrogens (primary N) is 1. The monoisotopic (exact) mass is 255 g/mol. The quantitative estimate of drug-likeness (QED) is 0.854. The molecule has 2 N–H and O–H groups in total. The van der Waals surface area contributed by atoms with Crippen LogP contribution in [0, 0.1) is 0 Å². The van der Waals surface area contributed by atoms with Crippen LogP contribution in [0.2, 0.25) is 0 Å². The summed E-state index contributed by atoms with van der Waals surface area (Å²) in [6.07, 6.45) is 0. The maximum absolute atomic E-state index is 11.3. The SMILES string of the molecule is CC(=O)c1ccc(Oc2ccccc2C(N)=O)cc1. The molecule has 0 unspecified atom stereocenters. The van der Waals surface area contributed by atoms with E-state index in [0.29, 0.717) is 22.6 Å². The van der Waals surface area contributed by atoms with Crippen LogP contribution in [0.4, 0.5) is 0 Å². The van der Waals surface area contributed by atoms with Gasteiger partial charge in [0.15, 0.2) is 5.78 Å². The molecule has 4 heteroatoms. The zero-order valence-corrected chi connectivity index (χ0v) is 10.4. The molecule has 2 aromatic rings. The van der Waals surface area contributed by atoms with E-state index in [0.717, 1.165) is 0 Å². The van der Waals surface area contributed by atoms with Gasteiger partial charge in [-0.2, -0.15) is 0 Å². The van der Waals surface area contributed by atoms with Gasteiger partial charge in [0.2, 0.25) is 0 Å². The number of carbonyl (C=O) groups excluding carboxylic acids is 2. The molecule has 0 saturated heterocycles. The fraction of sp³-hybridized carbons (Fsp3) is 0.0667. The van der Waals surface area contributed by atoms with E-state index >= 15 is 0 Å². The number of ether oxygens (including phenoxy) is 1. The van der Waals surface area contributed by atoms with Gasteiger partial charge >= 0.3 is 0 Å². The number of hydrogen-bond donors (Lipinski definition) is 1. The van der Waals surface area contributed by atoms with E-state index in [1.807, 2.05) is 0 Å². The van der Waals surface area contributed by atoms with E-state index in [1.165, 1.54) is 6.92 Å². The Balaban J connectivity index is 2.26. The van der Waals surface area contributed by atoms with Gasteiger partial charge in [-0.05, 0) is 43.3 Å². The van der Waals surface area contributed by atoms with Crippen molar-refractivity contribution >= 4 is 11.7 Å². The van der Waals surface area contributed by atoms with Crippen molar-refractivity contribution in [3.8, 4) is 11.5 Å². The third-order valence-electron chi connectivity index (χ3n) is 2.64. The molecule has 0 heterocycles. The standard InChI is InChI=1S/C15H13NO3/c1-10(17)11-6-8-12(9-7-11)19-14-5-3-2-4-13(14)15(16)18/h2-9H,1H3,(H2,16,18). The fourth-order valence-corrected chi connectivity index (χ4v) is 1.64. The highest BCUT2D eigenvalue weighted by molar-refractivity contribution is 5.96. The first-order valence-electron chi connectivity index (χ1n) is 5.75. The van der Waals surface area contributed by atoms with Crippen LogP contribution in [0.1, 0.15) is 27.6 Å². The first kappa shape index (κ1) is 12.8. The molecule has 0 radical (unpaired) electrons. The zero-order valence-electron chi connectivity index (χ0n) is 10.4. The summed E-state index contributed by atoms with van der Waals surface area (Å²) in [6.45, 7) is 1.50. The Bertz CT molecular complexity index is 618. The summed E-state index contributed by atoms with van der Waals surface area (Å²) in [4.78, 5) is 22.4. The number of para-hydroxylation sites is 1. The molecular formula is C15H13NO3. The molecule has 96 valence electrons. The van der Waals surface area contributed by atoms with Crippen LogP contribution in [0.25, 0.3) is 0 Å². The predicted molar refractivity (Wildman–Crippen MR) is 71.5 cm³/mol. The van der Waals surface area contributed by atoms with Crippen LogP contribution in [0.3, 0.4) is 0 Å². The summed E-state index contributed by atoms with van der Waals surface area (Å²) >= 11 is 0. The Morgan fingerprint density at radius 1 is 1.00 bits per heavy atom. The van der Waals surface area contributed by atoms with Crippen molar-refractivity contribution in [3.05, 3.63) is 59.7 Å². The predicted octanol–water partition coefficient (Wildman–Crippen LogP) is 2.78. The van der Waals surface area contributed by atoms with E-state index in [1.54, 1.807) is 48.5 Å². The molecule has 0 spiro atoms. The second-order valence-electron chi connectivity index (χ2n) is 4.04. The highest BCUT2D eigenvalue weighted by Gasteiger charge is 2.09. The van der Waals surface area contributed by atoms with Gasteiger partial charge in [0.25, 0.3) is 5.91 Å². The molecule has 0 saturated carbocycles.